The van der Waals surface area contributed by atoms with Crippen LogP contribution in [-0.4, -0.2) is 41.7 Å². The van der Waals surface area contributed by atoms with Crippen molar-refractivity contribution in [2.45, 2.75) is 32.4 Å². The van der Waals surface area contributed by atoms with E-state index in [1.165, 1.54) is 5.56 Å². The summed E-state index contributed by atoms with van der Waals surface area (Å²) in [6.45, 7) is 5.81. The minimum Gasteiger partial charge on any atom is -0.374 e. The second-order valence-electron chi connectivity index (χ2n) is 6.11. The fourth-order valence-electron chi connectivity index (χ4n) is 2.81. The molecule has 128 valence electrons. The van der Waals surface area contributed by atoms with Gasteiger partial charge in [-0.1, -0.05) is 30.3 Å². The molecule has 0 radical (unpaired) electrons. The van der Waals surface area contributed by atoms with Gasteiger partial charge in [0.25, 0.3) is 0 Å². The number of carbonyl (C=O) groups is 1. The second kappa shape index (κ2) is 7.77. The van der Waals surface area contributed by atoms with Gasteiger partial charge < -0.3 is 15.0 Å². The fourth-order valence-corrected chi connectivity index (χ4v) is 3.59. The zero-order chi connectivity index (χ0) is 16.9. The van der Waals surface area contributed by atoms with Crippen molar-refractivity contribution in [1.29, 1.82) is 0 Å². The van der Waals surface area contributed by atoms with Gasteiger partial charge in [-0.15, -0.1) is 11.3 Å². The van der Waals surface area contributed by atoms with Crippen molar-refractivity contribution >= 4 is 17.4 Å². The van der Waals surface area contributed by atoms with Gasteiger partial charge in [0.1, 0.15) is 5.01 Å². The largest absolute Gasteiger partial charge is 0.374 e. The van der Waals surface area contributed by atoms with Crippen molar-refractivity contribution in [2.75, 3.05) is 19.7 Å². The first-order chi connectivity index (χ1) is 11.6. The highest BCUT2D eigenvalue weighted by Crippen LogP contribution is 2.19. The van der Waals surface area contributed by atoms with E-state index >= 15 is 0 Å². The minimum atomic E-state index is -0.0772. The molecule has 1 aromatic heterocycles. The van der Waals surface area contributed by atoms with E-state index in [0.29, 0.717) is 19.7 Å². The number of ether oxygens (including phenoxy) is 1. The van der Waals surface area contributed by atoms with E-state index in [9.17, 15) is 4.79 Å². The molecule has 1 fully saturated rings. The number of hydrogen-bond acceptors (Lipinski definition) is 4. The first-order valence-electron chi connectivity index (χ1n) is 8.25. The van der Waals surface area contributed by atoms with Crippen molar-refractivity contribution in [1.82, 2.24) is 15.2 Å². The Labute approximate surface area is 146 Å². The lowest BCUT2D eigenvalue weighted by atomic mass is 10.1. The Bertz CT molecular complexity index is 674. The quantitative estimate of drug-likeness (QED) is 0.926. The summed E-state index contributed by atoms with van der Waals surface area (Å²) in [5.41, 5.74) is 1.23. The molecule has 1 aromatic carbocycles. The van der Waals surface area contributed by atoms with Gasteiger partial charge in [0.15, 0.2) is 0 Å². The summed E-state index contributed by atoms with van der Waals surface area (Å²) in [6, 6.07) is 10.1. The van der Waals surface area contributed by atoms with Crippen LogP contribution in [0.15, 0.2) is 36.5 Å². The first-order valence-corrected chi connectivity index (χ1v) is 9.07. The van der Waals surface area contributed by atoms with Crippen LogP contribution in [0.4, 0.5) is 4.79 Å². The van der Waals surface area contributed by atoms with Gasteiger partial charge in [0.05, 0.1) is 18.8 Å². The molecule has 2 atom stereocenters. The van der Waals surface area contributed by atoms with Gasteiger partial charge in [-0.05, 0) is 19.4 Å². The molecule has 5 nitrogen and oxygen atoms in total. The predicted octanol–water partition coefficient (Wildman–Crippen LogP) is 3.17. The van der Waals surface area contributed by atoms with Crippen LogP contribution in [0.25, 0.3) is 0 Å². The number of aromatic nitrogens is 1. The summed E-state index contributed by atoms with van der Waals surface area (Å²) in [4.78, 5) is 19.9. The SMILES string of the molecule is Cc1cnc([C@H](C)NC(=O)N2CCO[C@H](Cc3ccccc3)C2)s1. The van der Waals surface area contributed by atoms with Crippen LogP contribution in [0.1, 0.15) is 28.4 Å². The average Bonchev–Trinajstić information content (AvgIpc) is 3.03. The van der Waals surface area contributed by atoms with E-state index in [-0.39, 0.29) is 18.2 Å². The highest BCUT2D eigenvalue weighted by atomic mass is 32.1. The maximum absolute atomic E-state index is 12.5. The molecule has 2 aromatic rings. The van der Waals surface area contributed by atoms with Crippen LogP contribution in [0, 0.1) is 6.92 Å². The molecule has 6 heteroatoms. The summed E-state index contributed by atoms with van der Waals surface area (Å²) < 4.78 is 5.82. The van der Waals surface area contributed by atoms with E-state index < -0.39 is 0 Å². The van der Waals surface area contributed by atoms with Gasteiger partial charge >= 0.3 is 6.03 Å². The molecule has 1 aliphatic heterocycles. The molecular weight excluding hydrogens is 322 g/mol. The lowest BCUT2D eigenvalue weighted by molar-refractivity contribution is -0.0135. The van der Waals surface area contributed by atoms with Gasteiger partial charge in [0.2, 0.25) is 0 Å². The summed E-state index contributed by atoms with van der Waals surface area (Å²) in [6.07, 6.45) is 2.71. The molecule has 2 amide bonds. The van der Waals surface area contributed by atoms with E-state index in [0.717, 1.165) is 16.3 Å². The number of morpholine rings is 1. The molecule has 1 saturated heterocycles. The summed E-state index contributed by atoms with van der Waals surface area (Å²) in [5, 5.41) is 3.98. The van der Waals surface area contributed by atoms with E-state index in [4.69, 9.17) is 4.74 Å². The minimum absolute atomic E-state index is 0.0447. The summed E-state index contributed by atoms with van der Waals surface area (Å²) in [7, 11) is 0. The Balaban J connectivity index is 1.55. The fraction of sp³-hybridized carbons (Fsp3) is 0.444. The van der Waals surface area contributed by atoms with Gasteiger partial charge in [-0.25, -0.2) is 9.78 Å². The van der Waals surface area contributed by atoms with Crippen LogP contribution in [0.5, 0.6) is 0 Å². The number of amides is 2. The molecular formula is C18H23N3O2S. The van der Waals surface area contributed by atoms with Gasteiger partial charge in [-0.2, -0.15) is 0 Å². The summed E-state index contributed by atoms with van der Waals surface area (Å²) >= 11 is 1.62. The molecule has 1 aliphatic rings. The number of thiazole rings is 1. The Morgan fingerprint density at radius 1 is 1.46 bits per heavy atom. The van der Waals surface area contributed by atoms with E-state index in [2.05, 4.69) is 22.4 Å². The number of rotatable bonds is 4. The molecule has 1 N–H and O–H groups in total. The van der Waals surface area contributed by atoms with E-state index in [1.54, 1.807) is 11.3 Å². The third-order valence-electron chi connectivity index (χ3n) is 4.08. The van der Waals surface area contributed by atoms with Crippen LogP contribution in [-0.2, 0) is 11.2 Å². The number of benzene rings is 1. The van der Waals surface area contributed by atoms with Crippen LogP contribution in [0.2, 0.25) is 0 Å². The van der Waals surface area contributed by atoms with E-state index in [1.807, 2.05) is 43.1 Å². The third kappa shape index (κ3) is 4.33. The van der Waals surface area contributed by atoms with Crippen molar-refractivity contribution in [3.05, 3.63) is 52.0 Å². The highest BCUT2D eigenvalue weighted by molar-refractivity contribution is 7.11. The maximum Gasteiger partial charge on any atom is 0.318 e. The predicted molar refractivity (Wildman–Crippen MR) is 95.3 cm³/mol. The van der Waals surface area contributed by atoms with Crippen molar-refractivity contribution in [2.24, 2.45) is 0 Å². The molecule has 0 spiro atoms. The van der Waals surface area contributed by atoms with Crippen molar-refractivity contribution in [3.8, 4) is 0 Å². The Kier molecular flexibility index (Phi) is 5.48. The number of carbonyl (C=O) groups excluding carboxylic acids is 1. The second-order valence-corrected chi connectivity index (χ2v) is 7.38. The van der Waals surface area contributed by atoms with Gasteiger partial charge in [-0.3, -0.25) is 0 Å². The molecule has 0 unspecified atom stereocenters. The van der Waals surface area contributed by atoms with Crippen LogP contribution < -0.4 is 5.32 Å². The number of hydrogen-bond donors (Lipinski definition) is 1. The highest BCUT2D eigenvalue weighted by Gasteiger charge is 2.25. The number of nitrogens with zero attached hydrogens (tertiary/aromatic N) is 2. The molecule has 2 heterocycles. The lowest BCUT2D eigenvalue weighted by Crippen LogP contribution is -2.50. The van der Waals surface area contributed by atoms with Crippen LogP contribution in [0.3, 0.4) is 0 Å². The number of aryl methyl sites for hydroxylation is 1. The Morgan fingerprint density at radius 2 is 2.25 bits per heavy atom. The maximum atomic E-state index is 12.5. The lowest BCUT2D eigenvalue weighted by Gasteiger charge is -2.33. The zero-order valence-electron chi connectivity index (χ0n) is 14.1. The molecule has 0 saturated carbocycles. The molecule has 0 bridgehead atoms. The van der Waals surface area contributed by atoms with Crippen LogP contribution >= 0.6 is 11.3 Å². The molecule has 0 aliphatic carbocycles. The number of nitrogens with one attached hydrogen (secondary N) is 1. The Hall–Kier alpha value is -1.92. The zero-order valence-corrected chi connectivity index (χ0v) is 14.9. The monoisotopic (exact) mass is 345 g/mol. The summed E-state index contributed by atoms with van der Waals surface area (Å²) in [5.74, 6) is 0. The normalized spacial score (nSPS) is 19.1. The van der Waals surface area contributed by atoms with Gasteiger partial charge in [0, 0.05) is 30.6 Å². The first kappa shape index (κ1) is 16.9. The Morgan fingerprint density at radius 3 is 2.96 bits per heavy atom. The topological polar surface area (TPSA) is 54.5 Å². The third-order valence-corrected chi connectivity index (χ3v) is 5.18. The van der Waals surface area contributed by atoms with Crippen molar-refractivity contribution < 1.29 is 9.53 Å². The standard InChI is InChI=1S/C18H23N3O2S/c1-13-11-19-17(24-13)14(2)20-18(22)21-8-9-23-16(12-21)10-15-6-4-3-5-7-15/h3-7,11,14,16H,8-10,12H2,1-2H3,(H,20,22)/t14-,16+/m0/s1. The smallest absolute Gasteiger partial charge is 0.318 e. The average molecular weight is 345 g/mol. The number of urea groups is 1. The molecule has 3 rings (SSSR count). The van der Waals surface area contributed by atoms with Crippen molar-refractivity contribution in [3.63, 3.8) is 0 Å². The molecule has 24 heavy (non-hydrogen) atoms.